The van der Waals surface area contributed by atoms with Crippen molar-refractivity contribution < 1.29 is 8.42 Å². The van der Waals surface area contributed by atoms with Crippen molar-refractivity contribution in [2.75, 3.05) is 6.26 Å². The zero-order chi connectivity index (χ0) is 9.35. The van der Waals surface area contributed by atoms with Gasteiger partial charge in [-0.05, 0) is 19.3 Å². The van der Waals surface area contributed by atoms with E-state index in [0.29, 0.717) is 12.8 Å². The third-order valence-electron chi connectivity index (χ3n) is 2.31. The first kappa shape index (κ1) is 10.1. The lowest BCUT2D eigenvalue weighted by Gasteiger charge is -2.25. The van der Waals surface area contributed by atoms with Gasteiger partial charge in [0.05, 0.1) is 10.6 Å². The molecule has 0 spiro atoms. The molecule has 1 saturated carbocycles. The highest BCUT2D eigenvalue weighted by Crippen LogP contribution is 2.30. The Morgan fingerprint density at radius 2 is 2.17 bits per heavy atom. The van der Waals surface area contributed by atoms with Crippen LogP contribution in [0.1, 0.15) is 19.3 Å². The lowest BCUT2D eigenvalue weighted by atomic mass is 9.95. The highest BCUT2D eigenvalue weighted by atomic mass is 35.5. The summed E-state index contributed by atoms with van der Waals surface area (Å²) in [7, 11) is -2.91. The molecule has 1 aliphatic carbocycles. The molecule has 12 heavy (non-hydrogen) atoms. The van der Waals surface area contributed by atoms with Crippen LogP contribution >= 0.6 is 11.6 Å². The lowest BCUT2D eigenvalue weighted by Crippen LogP contribution is -2.28. The summed E-state index contributed by atoms with van der Waals surface area (Å²) in [5.41, 5.74) is 0.969. The molecule has 70 valence electrons. The monoisotopic (exact) mass is 208 g/mol. The highest BCUT2D eigenvalue weighted by Gasteiger charge is 2.29. The quantitative estimate of drug-likeness (QED) is 0.486. The van der Waals surface area contributed by atoms with Gasteiger partial charge in [-0.3, -0.25) is 0 Å². The number of hydrogen-bond acceptors (Lipinski definition) is 2. The van der Waals surface area contributed by atoms with Crippen LogP contribution < -0.4 is 0 Å². The van der Waals surface area contributed by atoms with Crippen molar-refractivity contribution >= 4 is 21.4 Å². The predicted molar refractivity (Wildman–Crippen MR) is 51.3 cm³/mol. The van der Waals surface area contributed by atoms with Crippen molar-refractivity contribution in [1.82, 2.24) is 0 Å². The number of allylic oxidation sites excluding steroid dienone is 1. The maximum absolute atomic E-state index is 11.2. The van der Waals surface area contributed by atoms with Gasteiger partial charge in [0.1, 0.15) is 9.84 Å². The van der Waals surface area contributed by atoms with E-state index in [1.54, 1.807) is 0 Å². The summed E-state index contributed by atoms with van der Waals surface area (Å²) >= 11 is 5.90. The van der Waals surface area contributed by atoms with Gasteiger partial charge in [-0.1, -0.05) is 12.2 Å². The number of halogens is 1. The molecule has 2 nitrogen and oxygen atoms in total. The Kier molecular flexibility index (Phi) is 2.84. The molecule has 1 fully saturated rings. The van der Waals surface area contributed by atoms with Crippen LogP contribution in [0.5, 0.6) is 0 Å². The summed E-state index contributed by atoms with van der Waals surface area (Å²) in [6.07, 6.45) is 3.22. The fraction of sp³-hybridized carbons (Fsp3) is 0.750. The Morgan fingerprint density at radius 1 is 1.58 bits per heavy atom. The zero-order valence-electron chi connectivity index (χ0n) is 7.09. The third-order valence-corrected chi connectivity index (χ3v) is 4.43. The second kappa shape index (κ2) is 3.38. The van der Waals surface area contributed by atoms with E-state index in [1.807, 2.05) is 0 Å². The van der Waals surface area contributed by atoms with Crippen LogP contribution in [0.25, 0.3) is 0 Å². The van der Waals surface area contributed by atoms with Crippen LogP contribution in [0, 0.1) is 0 Å². The molecular formula is C8H13ClO2S. The molecule has 2 unspecified atom stereocenters. The predicted octanol–water partition coefficient (Wildman–Crippen LogP) is 1.75. The molecule has 0 bridgehead atoms. The summed E-state index contributed by atoms with van der Waals surface area (Å²) in [4.78, 5) is 0. The minimum atomic E-state index is -2.91. The molecule has 0 radical (unpaired) electrons. The van der Waals surface area contributed by atoms with Crippen LogP contribution in [-0.4, -0.2) is 25.3 Å². The molecule has 0 heterocycles. The normalized spacial score (nSPS) is 32.0. The molecule has 0 saturated heterocycles. The van der Waals surface area contributed by atoms with Gasteiger partial charge in [-0.2, -0.15) is 0 Å². The first-order valence-corrected chi connectivity index (χ1v) is 6.31. The minimum absolute atomic E-state index is 0.154. The van der Waals surface area contributed by atoms with Crippen LogP contribution in [0.2, 0.25) is 0 Å². The van der Waals surface area contributed by atoms with E-state index in [9.17, 15) is 8.42 Å². The van der Waals surface area contributed by atoms with Crippen molar-refractivity contribution in [2.24, 2.45) is 0 Å². The molecule has 4 heteroatoms. The molecular weight excluding hydrogens is 196 g/mol. The van der Waals surface area contributed by atoms with Crippen LogP contribution in [0.3, 0.4) is 0 Å². The number of rotatable bonds is 1. The SMILES string of the molecule is C=C1CCC(S(C)(=O)=O)CC1Cl. The molecule has 0 aliphatic heterocycles. The van der Waals surface area contributed by atoms with E-state index in [1.165, 1.54) is 6.26 Å². The number of alkyl halides is 1. The number of sulfone groups is 1. The van der Waals surface area contributed by atoms with Gasteiger partial charge < -0.3 is 0 Å². The van der Waals surface area contributed by atoms with Gasteiger partial charge in [0.25, 0.3) is 0 Å². The molecule has 0 aromatic rings. The maximum Gasteiger partial charge on any atom is 0.150 e. The average molecular weight is 209 g/mol. The largest absolute Gasteiger partial charge is 0.229 e. The van der Waals surface area contributed by atoms with Crippen LogP contribution in [-0.2, 0) is 9.84 Å². The minimum Gasteiger partial charge on any atom is -0.229 e. The maximum atomic E-state index is 11.2. The highest BCUT2D eigenvalue weighted by molar-refractivity contribution is 7.91. The fourth-order valence-electron chi connectivity index (χ4n) is 1.41. The standard InChI is InChI=1S/C8H13ClO2S/c1-6-3-4-7(5-8(6)9)12(2,10)11/h7-8H,1,3-5H2,2H3. The summed E-state index contributed by atoms with van der Waals surface area (Å²) < 4.78 is 22.3. The fourth-order valence-corrected chi connectivity index (χ4v) is 2.93. The van der Waals surface area contributed by atoms with Gasteiger partial charge in [0.15, 0.2) is 0 Å². The molecule has 2 atom stereocenters. The Balaban J connectivity index is 2.70. The topological polar surface area (TPSA) is 34.1 Å². The van der Waals surface area contributed by atoms with E-state index in [0.717, 1.165) is 12.0 Å². The van der Waals surface area contributed by atoms with Gasteiger partial charge in [0.2, 0.25) is 0 Å². The zero-order valence-corrected chi connectivity index (χ0v) is 8.66. The van der Waals surface area contributed by atoms with Crippen molar-refractivity contribution in [3.05, 3.63) is 12.2 Å². The van der Waals surface area contributed by atoms with E-state index in [4.69, 9.17) is 11.6 Å². The summed E-state index contributed by atoms with van der Waals surface area (Å²) in [6, 6.07) is 0. The van der Waals surface area contributed by atoms with Gasteiger partial charge in [-0.25, -0.2) is 8.42 Å². The van der Waals surface area contributed by atoms with Crippen molar-refractivity contribution in [3.63, 3.8) is 0 Å². The first-order chi connectivity index (χ1) is 5.41. The first-order valence-electron chi connectivity index (χ1n) is 3.92. The molecule has 0 amide bonds. The van der Waals surface area contributed by atoms with E-state index < -0.39 is 9.84 Å². The van der Waals surface area contributed by atoms with E-state index >= 15 is 0 Å². The third kappa shape index (κ3) is 2.23. The van der Waals surface area contributed by atoms with E-state index in [2.05, 4.69) is 6.58 Å². The van der Waals surface area contributed by atoms with Gasteiger partial charge in [0, 0.05) is 6.26 Å². The Morgan fingerprint density at radius 3 is 2.58 bits per heavy atom. The van der Waals surface area contributed by atoms with Crippen molar-refractivity contribution in [2.45, 2.75) is 29.9 Å². The number of hydrogen-bond donors (Lipinski definition) is 0. The summed E-state index contributed by atoms with van der Waals surface area (Å²) in [5.74, 6) is 0. The Hall–Kier alpha value is -0.0200. The lowest BCUT2D eigenvalue weighted by molar-refractivity contribution is 0.545. The van der Waals surface area contributed by atoms with Crippen molar-refractivity contribution in [1.29, 1.82) is 0 Å². The smallest absolute Gasteiger partial charge is 0.150 e. The second-order valence-electron chi connectivity index (χ2n) is 3.35. The van der Waals surface area contributed by atoms with Crippen LogP contribution in [0.15, 0.2) is 12.2 Å². The molecule has 1 aliphatic rings. The van der Waals surface area contributed by atoms with Crippen LogP contribution in [0.4, 0.5) is 0 Å². The summed E-state index contributed by atoms with van der Waals surface area (Å²) in [5, 5.41) is -0.413. The molecule has 0 aromatic heterocycles. The van der Waals surface area contributed by atoms with Gasteiger partial charge >= 0.3 is 0 Å². The molecule has 0 aromatic carbocycles. The Bertz CT molecular complexity index is 281. The summed E-state index contributed by atoms with van der Waals surface area (Å²) in [6.45, 7) is 3.78. The van der Waals surface area contributed by atoms with Gasteiger partial charge in [-0.15, -0.1) is 11.6 Å². The van der Waals surface area contributed by atoms with E-state index in [-0.39, 0.29) is 10.6 Å². The Labute approximate surface area is 78.5 Å². The average Bonchev–Trinajstić information content (AvgIpc) is 1.92. The molecule has 0 N–H and O–H groups in total. The van der Waals surface area contributed by atoms with Crippen molar-refractivity contribution in [3.8, 4) is 0 Å². The second-order valence-corrected chi connectivity index (χ2v) is 6.20. The molecule has 1 rings (SSSR count).